The lowest BCUT2D eigenvalue weighted by molar-refractivity contribution is -0.141. The van der Waals surface area contributed by atoms with E-state index in [1.54, 1.807) is 24.3 Å². The molecule has 2 aromatic rings. The van der Waals surface area contributed by atoms with E-state index >= 15 is 0 Å². The average Bonchev–Trinajstić information content (AvgIpc) is 3.26. The van der Waals surface area contributed by atoms with Gasteiger partial charge in [0.25, 0.3) is 5.91 Å². The summed E-state index contributed by atoms with van der Waals surface area (Å²) in [4.78, 5) is 22.6. The van der Waals surface area contributed by atoms with Crippen LogP contribution < -0.4 is 5.84 Å². The van der Waals surface area contributed by atoms with Gasteiger partial charge in [-0.3, -0.25) is 9.69 Å². The highest BCUT2D eigenvalue weighted by Gasteiger charge is 2.40. The number of aryl methyl sites for hydroxylation is 1. The summed E-state index contributed by atoms with van der Waals surface area (Å²) >= 11 is 5.92. The van der Waals surface area contributed by atoms with E-state index in [0.29, 0.717) is 22.8 Å². The highest BCUT2D eigenvalue weighted by atomic mass is 35.5. The van der Waals surface area contributed by atoms with Gasteiger partial charge in [-0.25, -0.2) is 9.98 Å². The van der Waals surface area contributed by atoms with Crippen LogP contribution in [0.2, 0.25) is 5.02 Å². The van der Waals surface area contributed by atoms with Crippen LogP contribution in [0.25, 0.3) is 0 Å². The first-order valence-electron chi connectivity index (χ1n) is 9.59. The van der Waals surface area contributed by atoms with Gasteiger partial charge in [-0.05, 0) is 43.5 Å². The van der Waals surface area contributed by atoms with Crippen molar-refractivity contribution in [1.82, 2.24) is 14.5 Å². The van der Waals surface area contributed by atoms with Gasteiger partial charge in [0.05, 0.1) is 11.4 Å². The lowest BCUT2D eigenvalue weighted by Gasteiger charge is -2.22. The maximum Gasteiger partial charge on any atom is 0.434 e. The number of rotatable bonds is 4. The number of halogens is 4. The number of carbonyl (C=O) groups excluding carboxylic acids is 1. The van der Waals surface area contributed by atoms with E-state index in [1.807, 2.05) is 13.8 Å². The monoisotopic (exact) mass is 454 g/mol. The molecule has 2 N–H and O–H groups in total. The Labute approximate surface area is 182 Å². The van der Waals surface area contributed by atoms with Crippen LogP contribution in [0.3, 0.4) is 0 Å². The van der Waals surface area contributed by atoms with Gasteiger partial charge in [0, 0.05) is 17.8 Å². The van der Waals surface area contributed by atoms with Gasteiger partial charge in [-0.15, -0.1) is 0 Å². The molecule has 1 saturated heterocycles. The number of aromatic nitrogens is 2. The number of carbonyl (C=O) groups is 1. The molecule has 1 aromatic heterocycles. The van der Waals surface area contributed by atoms with Crippen molar-refractivity contribution in [3.63, 3.8) is 0 Å². The van der Waals surface area contributed by atoms with Gasteiger partial charge in [-0.1, -0.05) is 25.4 Å². The Bertz CT molecular complexity index is 1030. The predicted molar refractivity (Wildman–Crippen MR) is 112 cm³/mol. The fourth-order valence-corrected chi connectivity index (χ4v) is 3.56. The highest BCUT2D eigenvalue weighted by molar-refractivity contribution is 6.44. The molecule has 1 aliphatic rings. The van der Waals surface area contributed by atoms with Crippen molar-refractivity contribution in [2.24, 2.45) is 21.9 Å². The third kappa shape index (κ3) is 4.73. The van der Waals surface area contributed by atoms with Crippen LogP contribution >= 0.6 is 11.6 Å². The molecule has 166 valence electrons. The van der Waals surface area contributed by atoms with E-state index in [9.17, 15) is 18.0 Å². The minimum absolute atomic E-state index is 0.109. The minimum atomic E-state index is -4.59. The van der Waals surface area contributed by atoms with Crippen molar-refractivity contribution in [2.75, 3.05) is 6.54 Å². The molecule has 0 saturated carbocycles. The summed E-state index contributed by atoms with van der Waals surface area (Å²) in [5.74, 6) is 5.38. The maximum atomic E-state index is 13.1. The van der Waals surface area contributed by atoms with Gasteiger partial charge < -0.3 is 10.4 Å². The van der Waals surface area contributed by atoms with E-state index in [0.717, 1.165) is 6.20 Å². The molecule has 1 unspecified atom stereocenters. The average molecular weight is 455 g/mol. The number of amidine groups is 1. The molecule has 1 atom stereocenters. The summed E-state index contributed by atoms with van der Waals surface area (Å²) in [6.07, 6.45) is -3.43. The fourth-order valence-electron chi connectivity index (χ4n) is 3.44. The molecule has 1 fully saturated rings. The van der Waals surface area contributed by atoms with Crippen LogP contribution in [0.1, 0.15) is 37.8 Å². The van der Waals surface area contributed by atoms with E-state index in [2.05, 4.69) is 15.1 Å². The number of likely N-dealkylation sites (tertiary alicyclic amines) is 1. The summed E-state index contributed by atoms with van der Waals surface area (Å²) < 4.78 is 40.3. The number of nitrogens with zero attached hydrogens (tertiary/aromatic N) is 5. The van der Waals surface area contributed by atoms with Crippen LogP contribution in [0, 0.1) is 12.8 Å². The van der Waals surface area contributed by atoms with Gasteiger partial charge >= 0.3 is 6.18 Å². The summed E-state index contributed by atoms with van der Waals surface area (Å²) in [5.41, 5.74) is 0.0611. The Balaban J connectivity index is 1.92. The summed E-state index contributed by atoms with van der Waals surface area (Å²) in [5, 5.41) is 4.37. The third-order valence-electron chi connectivity index (χ3n) is 4.95. The molecule has 1 aromatic carbocycles. The third-order valence-corrected chi connectivity index (χ3v) is 5.20. The van der Waals surface area contributed by atoms with Crippen LogP contribution in [0.4, 0.5) is 18.9 Å². The van der Waals surface area contributed by atoms with E-state index in [-0.39, 0.29) is 24.1 Å². The van der Waals surface area contributed by atoms with E-state index in [1.165, 1.54) is 16.4 Å². The molecule has 0 aliphatic carbocycles. The Morgan fingerprint density at radius 2 is 1.94 bits per heavy atom. The zero-order chi connectivity index (χ0) is 22.9. The van der Waals surface area contributed by atoms with Crippen LogP contribution in [0.15, 0.2) is 40.6 Å². The van der Waals surface area contributed by atoms with Gasteiger partial charge in [-0.2, -0.15) is 18.3 Å². The lowest BCUT2D eigenvalue weighted by atomic mass is 10.1. The van der Waals surface area contributed by atoms with Crippen molar-refractivity contribution in [3.8, 4) is 0 Å². The van der Waals surface area contributed by atoms with Gasteiger partial charge in [0.1, 0.15) is 11.9 Å². The Kier molecular flexibility index (Phi) is 6.40. The predicted octanol–water partition coefficient (Wildman–Crippen LogP) is 4.34. The lowest BCUT2D eigenvalue weighted by Crippen LogP contribution is -2.41. The Morgan fingerprint density at radius 3 is 2.45 bits per heavy atom. The summed E-state index contributed by atoms with van der Waals surface area (Å²) in [7, 11) is 0. The second kappa shape index (κ2) is 8.70. The van der Waals surface area contributed by atoms with Crippen molar-refractivity contribution < 1.29 is 18.0 Å². The van der Waals surface area contributed by atoms with Crippen LogP contribution in [-0.2, 0) is 11.0 Å². The molecule has 2 heterocycles. The first-order valence-corrected chi connectivity index (χ1v) is 9.97. The van der Waals surface area contributed by atoms with E-state index < -0.39 is 23.8 Å². The first kappa shape index (κ1) is 22.8. The molecule has 1 amide bonds. The highest BCUT2D eigenvalue weighted by Crippen LogP contribution is 2.32. The standard InChI is InChI=1S/C20H22ClF3N6O/c1-11(2)17(27-14-6-4-13(21)5-7-14)18(28-25)29-9-8-15(19(29)31)30-10-16(20(22,23)24)26-12(30)3/h4-7,10-11,15H,8-9,25H2,1-3H3. The van der Waals surface area contributed by atoms with Crippen molar-refractivity contribution in [1.29, 1.82) is 0 Å². The van der Waals surface area contributed by atoms with Crippen LogP contribution in [0.5, 0.6) is 0 Å². The molecule has 0 radical (unpaired) electrons. The second-order valence-electron chi connectivity index (χ2n) is 7.45. The minimum Gasteiger partial charge on any atom is -0.322 e. The molecule has 11 heteroatoms. The SMILES string of the molecule is Cc1nc(C(F)(F)F)cn1C1CCN(C(=NN)C(=Nc2ccc(Cl)cc2)C(C)C)C1=O. The number of imidazole rings is 1. The fraction of sp³-hybridized carbons (Fsp3) is 0.400. The quantitative estimate of drug-likeness (QED) is 0.322. The Hall–Kier alpha value is -2.88. The molecular formula is C20H22ClF3N6O. The zero-order valence-corrected chi connectivity index (χ0v) is 17.9. The summed E-state index contributed by atoms with van der Waals surface area (Å²) in [6.45, 7) is 5.44. The number of hydrogen-bond donors (Lipinski definition) is 1. The first-order chi connectivity index (χ1) is 14.5. The number of amides is 1. The molecule has 31 heavy (non-hydrogen) atoms. The van der Waals surface area contributed by atoms with Crippen LogP contribution in [-0.4, -0.2) is 38.5 Å². The molecule has 1 aliphatic heterocycles. The number of benzene rings is 1. The number of hydrogen-bond acceptors (Lipinski definition) is 5. The van der Waals surface area contributed by atoms with Gasteiger partial charge in [0.2, 0.25) is 0 Å². The molecule has 3 rings (SSSR count). The molecular weight excluding hydrogens is 433 g/mol. The second-order valence-corrected chi connectivity index (χ2v) is 7.89. The summed E-state index contributed by atoms with van der Waals surface area (Å²) in [6, 6.07) is 6.00. The molecule has 7 nitrogen and oxygen atoms in total. The topological polar surface area (TPSA) is 88.9 Å². The normalized spacial score (nSPS) is 18.4. The zero-order valence-electron chi connectivity index (χ0n) is 17.2. The molecule has 0 spiro atoms. The number of hydrazone groups is 1. The molecule has 0 bridgehead atoms. The smallest absolute Gasteiger partial charge is 0.322 e. The number of alkyl halides is 3. The van der Waals surface area contributed by atoms with Crippen molar-refractivity contribution in [3.05, 3.63) is 47.0 Å². The van der Waals surface area contributed by atoms with E-state index in [4.69, 9.17) is 17.4 Å². The van der Waals surface area contributed by atoms with Gasteiger partial charge in [0.15, 0.2) is 11.5 Å². The maximum absolute atomic E-state index is 13.1. The Morgan fingerprint density at radius 1 is 1.29 bits per heavy atom. The van der Waals surface area contributed by atoms with Crippen molar-refractivity contribution >= 4 is 34.7 Å². The number of nitrogens with two attached hydrogens (primary N) is 1. The van der Waals surface area contributed by atoms with Crippen molar-refractivity contribution in [2.45, 2.75) is 39.4 Å². The largest absolute Gasteiger partial charge is 0.434 e. The number of aliphatic imine (C=N–C) groups is 1.